The lowest BCUT2D eigenvalue weighted by Crippen LogP contribution is -2.60. The summed E-state index contributed by atoms with van der Waals surface area (Å²) < 4.78 is 22.3. The maximum absolute atomic E-state index is 12.6. The molecule has 0 amide bonds. The van der Waals surface area contributed by atoms with Crippen LogP contribution in [-0.2, 0) is 18.9 Å². The fourth-order valence-corrected chi connectivity index (χ4v) is 4.69. The minimum absolute atomic E-state index is 0.0101. The highest BCUT2D eigenvalue weighted by atomic mass is 16.8. The molecule has 6 N–H and O–H groups in total. The minimum atomic E-state index is -1.63. The van der Waals surface area contributed by atoms with Gasteiger partial charge < -0.3 is 49.6 Å². The lowest BCUT2D eigenvalue weighted by molar-refractivity contribution is -0.346. The van der Waals surface area contributed by atoms with Crippen molar-refractivity contribution in [1.29, 1.82) is 0 Å². The number of carbonyl (C=O) groups is 1. The summed E-state index contributed by atoms with van der Waals surface area (Å²) in [5.41, 5.74) is -1.16. The maximum Gasteiger partial charge on any atom is 0.338 e. The van der Waals surface area contributed by atoms with Gasteiger partial charge in [0.2, 0.25) is 6.29 Å². The first-order valence-corrected chi connectivity index (χ1v) is 10.6. The molecule has 2 heterocycles. The normalized spacial score (nSPS) is 42.4. The third-order valence-corrected chi connectivity index (χ3v) is 6.46. The van der Waals surface area contributed by atoms with E-state index in [1.807, 2.05) is 0 Å². The van der Waals surface area contributed by atoms with Gasteiger partial charge in [-0.05, 0) is 37.3 Å². The Balaban J connectivity index is 1.49. The highest BCUT2D eigenvalue weighted by molar-refractivity contribution is 5.89. The van der Waals surface area contributed by atoms with Gasteiger partial charge >= 0.3 is 5.97 Å². The van der Waals surface area contributed by atoms with E-state index in [0.29, 0.717) is 0 Å². The van der Waals surface area contributed by atoms with Crippen LogP contribution in [0.3, 0.4) is 0 Å². The van der Waals surface area contributed by atoms with E-state index >= 15 is 0 Å². The van der Waals surface area contributed by atoms with Crippen molar-refractivity contribution in [3.8, 4) is 5.75 Å². The predicted molar refractivity (Wildman–Crippen MR) is 108 cm³/mol. The largest absolute Gasteiger partial charge is 0.508 e. The third kappa shape index (κ3) is 4.58. The molecular weight excluding hydrogens is 440 g/mol. The zero-order chi connectivity index (χ0) is 23.9. The molecule has 0 unspecified atom stereocenters. The number of fused-ring (bicyclic) bond motifs is 1. The molecule has 0 aromatic heterocycles. The zero-order valence-corrected chi connectivity index (χ0v) is 17.8. The van der Waals surface area contributed by atoms with Gasteiger partial charge in [0.25, 0.3) is 0 Å². The van der Waals surface area contributed by atoms with E-state index in [-0.39, 0.29) is 17.7 Å². The van der Waals surface area contributed by atoms with Crippen molar-refractivity contribution in [3.63, 3.8) is 0 Å². The summed E-state index contributed by atoms with van der Waals surface area (Å²) >= 11 is 0. The van der Waals surface area contributed by atoms with E-state index in [1.165, 1.54) is 30.5 Å². The van der Waals surface area contributed by atoms with E-state index in [2.05, 4.69) is 0 Å². The van der Waals surface area contributed by atoms with E-state index in [0.717, 1.165) is 0 Å². The average Bonchev–Trinajstić information content (AvgIpc) is 3.05. The van der Waals surface area contributed by atoms with Gasteiger partial charge in [-0.15, -0.1) is 0 Å². The highest BCUT2D eigenvalue weighted by Crippen LogP contribution is 2.48. The quantitative estimate of drug-likeness (QED) is 0.292. The molecule has 2 aliphatic heterocycles. The standard InChI is InChI=1S/C22H28O11/c1-22(29)8-13(31-19(28)10-2-4-11(24)5-3-10)12-6-7-30-20(15(12)22)33-21-18(27)17(26)16(25)14(9-23)32-21/h2-7,12-18,20-21,23-27,29H,8-9H2,1H3/t12-,13+,14-,15-,16+,17+,18-,20+,21+,22+/m1/s1. The van der Waals surface area contributed by atoms with Crippen molar-refractivity contribution in [2.45, 2.75) is 62.0 Å². The lowest BCUT2D eigenvalue weighted by atomic mass is 9.85. The van der Waals surface area contributed by atoms with E-state index in [9.17, 15) is 35.4 Å². The van der Waals surface area contributed by atoms with Gasteiger partial charge in [0, 0.05) is 12.3 Å². The Kier molecular flexibility index (Phi) is 6.65. The first kappa shape index (κ1) is 23.9. The zero-order valence-electron chi connectivity index (χ0n) is 17.8. The smallest absolute Gasteiger partial charge is 0.338 e. The monoisotopic (exact) mass is 468 g/mol. The van der Waals surface area contributed by atoms with Gasteiger partial charge in [-0.25, -0.2) is 4.79 Å². The summed E-state index contributed by atoms with van der Waals surface area (Å²) in [5, 5.41) is 60.1. The van der Waals surface area contributed by atoms with Crippen LogP contribution in [0.2, 0.25) is 0 Å². The summed E-state index contributed by atoms with van der Waals surface area (Å²) in [6, 6.07) is 5.58. The summed E-state index contributed by atoms with van der Waals surface area (Å²) in [4.78, 5) is 12.6. The molecule has 33 heavy (non-hydrogen) atoms. The third-order valence-electron chi connectivity index (χ3n) is 6.46. The first-order valence-electron chi connectivity index (χ1n) is 10.6. The van der Waals surface area contributed by atoms with Crippen molar-refractivity contribution in [1.82, 2.24) is 0 Å². The van der Waals surface area contributed by atoms with Crippen LogP contribution >= 0.6 is 0 Å². The van der Waals surface area contributed by atoms with Gasteiger partial charge in [0.05, 0.1) is 30.0 Å². The molecule has 1 aromatic carbocycles. The number of rotatable bonds is 5. The molecule has 10 atom stereocenters. The molecule has 11 nitrogen and oxygen atoms in total. The van der Waals surface area contributed by atoms with Crippen LogP contribution in [0.5, 0.6) is 5.75 Å². The van der Waals surface area contributed by atoms with E-state index in [1.54, 1.807) is 13.0 Å². The first-order chi connectivity index (χ1) is 15.6. The molecule has 0 radical (unpaired) electrons. The molecule has 11 heteroatoms. The van der Waals surface area contributed by atoms with Crippen LogP contribution in [0.15, 0.2) is 36.6 Å². The van der Waals surface area contributed by atoms with Crippen LogP contribution in [0.25, 0.3) is 0 Å². The Labute approximate surface area is 189 Å². The molecule has 1 aliphatic carbocycles. The molecule has 3 aliphatic rings. The Morgan fingerprint density at radius 2 is 1.82 bits per heavy atom. The van der Waals surface area contributed by atoms with Gasteiger partial charge in [0.1, 0.15) is 36.3 Å². The fraction of sp³-hybridized carbons (Fsp3) is 0.591. The van der Waals surface area contributed by atoms with E-state index in [4.69, 9.17) is 18.9 Å². The summed E-state index contributed by atoms with van der Waals surface area (Å²) in [6.45, 7) is 0.931. The van der Waals surface area contributed by atoms with Gasteiger partial charge in [0.15, 0.2) is 6.29 Å². The summed E-state index contributed by atoms with van der Waals surface area (Å²) in [7, 11) is 0. The molecule has 0 bridgehead atoms. The van der Waals surface area contributed by atoms with Crippen molar-refractivity contribution < 1.29 is 54.4 Å². The molecule has 2 fully saturated rings. The highest BCUT2D eigenvalue weighted by Gasteiger charge is 2.58. The summed E-state index contributed by atoms with van der Waals surface area (Å²) in [6.07, 6.45) is -6.21. The number of aromatic hydroxyl groups is 1. The molecule has 4 rings (SSSR count). The average molecular weight is 468 g/mol. The van der Waals surface area contributed by atoms with Gasteiger partial charge in [-0.2, -0.15) is 0 Å². The Hall–Kier alpha value is -2.25. The molecule has 1 aromatic rings. The number of phenolic OH excluding ortho intramolecular Hbond substituents is 1. The number of carbonyl (C=O) groups excluding carboxylic acids is 1. The number of hydrogen-bond donors (Lipinski definition) is 6. The topological polar surface area (TPSA) is 175 Å². The van der Waals surface area contributed by atoms with Crippen molar-refractivity contribution in [2.24, 2.45) is 11.8 Å². The number of aliphatic hydroxyl groups is 5. The van der Waals surface area contributed by atoms with Gasteiger partial charge in [-0.3, -0.25) is 0 Å². The second kappa shape index (κ2) is 9.18. The van der Waals surface area contributed by atoms with Crippen LogP contribution in [0.1, 0.15) is 23.7 Å². The van der Waals surface area contributed by atoms with Crippen LogP contribution in [0, 0.1) is 11.8 Å². The van der Waals surface area contributed by atoms with Crippen LogP contribution in [-0.4, -0.2) is 91.9 Å². The SMILES string of the molecule is C[C@]1(O)C[C@H](OC(=O)c2ccc(O)cc2)[C@H]2C=CO[C@@H](O[C@@H]3O[C@H](CO)[C@H](O)[C@H](O)[C@H]3O)[C@@H]21. The number of aliphatic hydroxyl groups excluding tert-OH is 4. The molecule has 1 saturated carbocycles. The van der Waals surface area contributed by atoms with E-state index < -0.39 is 73.1 Å². The second-order valence-corrected chi connectivity index (χ2v) is 8.82. The second-order valence-electron chi connectivity index (χ2n) is 8.82. The number of ether oxygens (including phenoxy) is 4. The summed E-state index contributed by atoms with van der Waals surface area (Å²) in [5.74, 6) is -1.84. The maximum atomic E-state index is 12.6. The molecule has 0 spiro atoms. The number of phenols is 1. The van der Waals surface area contributed by atoms with Crippen molar-refractivity contribution in [2.75, 3.05) is 6.61 Å². The lowest BCUT2D eigenvalue weighted by Gasteiger charge is -2.43. The molecule has 182 valence electrons. The van der Waals surface area contributed by atoms with Gasteiger partial charge in [-0.1, -0.05) is 0 Å². The van der Waals surface area contributed by atoms with Crippen molar-refractivity contribution >= 4 is 5.97 Å². The van der Waals surface area contributed by atoms with Crippen LogP contribution in [0.4, 0.5) is 0 Å². The number of benzene rings is 1. The Morgan fingerprint density at radius 3 is 2.48 bits per heavy atom. The minimum Gasteiger partial charge on any atom is -0.508 e. The van der Waals surface area contributed by atoms with Crippen LogP contribution < -0.4 is 0 Å². The molecular formula is C22H28O11. The fourth-order valence-electron chi connectivity index (χ4n) is 4.69. The number of esters is 1. The predicted octanol–water partition coefficient (Wildman–Crippen LogP) is -1.01. The molecule has 1 saturated heterocycles. The number of hydrogen-bond acceptors (Lipinski definition) is 11. The Morgan fingerprint density at radius 1 is 1.12 bits per heavy atom. The Bertz CT molecular complexity index is 868. The van der Waals surface area contributed by atoms with Crippen molar-refractivity contribution in [3.05, 3.63) is 42.2 Å².